The molecule has 1 saturated heterocycles. The van der Waals surface area contributed by atoms with E-state index >= 15 is 0 Å². The van der Waals surface area contributed by atoms with Crippen LogP contribution in [0.1, 0.15) is 62.6 Å². The van der Waals surface area contributed by atoms with Gasteiger partial charge in [-0.2, -0.15) is 4.98 Å². The van der Waals surface area contributed by atoms with E-state index in [9.17, 15) is 0 Å². The number of piperazine rings is 1. The first kappa shape index (κ1) is 23.2. The summed E-state index contributed by atoms with van der Waals surface area (Å²) in [5, 5.41) is 7.35. The predicted octanol–water partition coefficient (Wildman–Crippen LogP) is 3.18. The van der Waals surface area contributed by atoms with Gasteiger partial charge in [0.15, 0.2) is 11.8 Å². The van der Waals surface area contributed by atoms with Crippen molar-refractivity contribution in [2.75, 3.05) is 39.8 Å². The number of ether oxygens (including phenoxy) is 1. The van der Waals surface area contributed by atoms with Crippen LogP contribution in [0, 0.1) is 0 Å². The number of rotatable bonds is 8. The fourth-order valence-corrected chi connectivity index (χ4v) is 3.70. The van der Waals surface area contributed by atoms with E-state index in [4.69, 9.17) is 9.26 Å². The first-order valence-electron chi connectivity index (χ1n) is 11.2. The van der Waals surface area contributed by atoms with Crippen LogP contribution in [0.15, 0.2) is 33.8 Å². The summed E-state index contributed by atoms with van der Waals surface area (Å²) in [6.45, 7) is 14.2. The largest absolute Gasteiger partial charge is 0.371 e. The summed E-state index contributed by atoms with van der Waals surface area (Å²) >= 11 is 0. The fraction of sp³-hybridized carbons (Fsp3) is 0.609. The molecule has 2 heterocycles. The van der Waals surface area contributed by atoms with Gasteiger partial charge in [-0.05, 0) is 30.9 Å². The Morgan fingerprint density at radius 1 is 1.16 bits per heavy atom. The lowest BCUT2D eigenvalue weighted by molar-refractivity contribution is 0.0683. The third-order valence-electron chi connectivity index (χ3n) is 5.60. The Hall–Kier alpha value is -2.45. The summed E-state index contributed by atoms with van der Waals surface area (Å²) < 4.78 is 10.8. The quantitative estimate of drug-likeness (QED) is 0.511. The van der Waals surface area contributed by atoms with E-state index in [-0.39, 0.29) is 6.10 Å². The molecule has 2 aromatic rings. The molecule has 1 fully saturated rings. The maximum atomic E-state index is 5.51. The van der Waals surface area contributed by atoms with E-state index in [1.165, 1.54) is 11.1 Å². The van der Waals surface area contributed by atoms with Crippen LogP contribution >= 0.6 is 0 Å². The molecular weight excluding hydrogens is 392 g/mol. The van der Waals surface area contributed by atoms with E-state index in [0.717, 1.165) is 38.7 Å². The molecule has 3 rings (SSSR count). The highest BCUT2D eigenvalue weighted by molar-refractivity contribution is 5.79. The Morgan fingerprint density at radius 2 is 1.87 bits per heavy atom. The van der Waals surface area contributed by atoms with Crippen molar-refractivity contribution in [3.8, 4) is 0 Å². The number of hydrogen-bond acceptors (Lipinski definition) is 6. The number of hydrogen-bond donors (Lipinski definition) is 1. The van der Waals surface area contributed by atoms with Gasteiger partial charge in [0.25, 0.3) is 0 Å². The van der Waals surface area contributed by atoms with Gasteiger partial charge >= 0.3 is 0 Å². The zero-order valence-electron chi connectivity index (χ0n) is 19.5. The average molecular weight is 429 g/mol. The van der Waals surface area contributed by atoms with Crippen molar-refractivity contribution in [2.45, 2.75) is 52.8 Å². The molecule has 1 aromatic heterocycles. The summed E-state index contributed by atoms with van der Waals surface area (Å²) in [5.74, 6) is 2.54. The Bertz CT molecular complexity index is 825. The zero-order valence-corrected chi connectivity index (χ0v) is 19.5. The highest BCUT2D eigenvalue weighted by Crippen LogP contribution is 2.16. The topological polar surface area (TPSA) is 79.0 Å². The van der Waals surface area contributed by atoms with Crippen LogP contribution in [0.4, 0.5) is 0 Å². The highest BCUT2D eigenvalue weighted by atomic mass is 16.5. The Morgan fingerprint density at radius 3 is 2.48 bits per heavy atom. The standard InChI is InChI=1S/C23H36N6O2/c1-6-30-18(4)22-26-21(31-27-22)15-25-23(24-5)29-13-11-28(12-14-29)16-19-7-9-20(10-8-19)17(2)3/h7-10,17-18H,6,11-16H2,1-5H3,(H,24,25). The molecule has 170 valence electrons. The molecule has 0 spiro atoms. The summed E-state index contributed by atoms with van der Waals surface area (Å²) in [7, 11) is 1.81. The third kappa shape index (κ3) is 6.51. The lowest BCUT2D eigenvalue weighted by Crippen LogP contribution is -2.52. The van der Waals surface area contributed by atoms with Crippen LogP contribution in [0.5, 0.6) is 0 Å². The summed E-state index contributed by atoms with van der Waals surface area (Å²) in [6.07, 6.45) is -0.170. The molecule has 1 N–H and O–H groups in total. The number of guanidine groups is 1. The number of benzene rings is 1. The van der Waals surface area contributed by atoms with Gasteiger partial charge in [0.1, 0.15) is 6.10 Å². The lowest BCUT2D eigenvalue weighted by atomic mass is 10.0. The number of nitrogens with zero attached hydrogens (tertiary/aromatic N) is 5. The molecule has 0 amide bonds. The minimum atomic E-state index is -0.170. The Labute approximate surface area is 185 Å². The second kappa shape index (κ2) is 11.2. The Kier molecular flexibility index (Phi) is 8.43. The van der Waals surface area contributed by atoms with Crippen LogP contribution in [0.3, 0.4) is 0 Å². The van der Waals surface area contributed by atoms with Crippen molar-refractivity contribution >= 4 is 5.96 Å². The zero-order chi connectivity index (χ0) is 22.2. The van der Waals surface area contributed by atoms with Gasteiger partial charge in [0.2, 0.25) is 5.89 Å². The number of aliphatic imine (C=N–C) groups is 1. The maximum absolute atomic E-state index is 5.51. The lowest BCUT2D eigenvalue weighted by Gasteiger charge is -2.36. The molecule has 8 nitrogen and oxygen atoms in total. The second-order valence-corrected chi connectivity index (χ2v) is 8.20. The summed E-state index contributed by atoms with van der Waals surface area (Å²) in [6, 6.07) is 9.01. The van der Waals surface area contributed by atoms with Crippen LogP contribution in [0.2, 0.25) is 0 Å². The minimum Gasteiger partial charge on any atom is -0.371 e. The van der Waals surface area contributed by atoms with E-state index in [2.05, 4.69) is 68.4 Å². The van der Waals surface area contributed by atoms with E-state index in [1.54, 1.807) is 7.05 Å². The minimum absolute atomic E-state index is 0.170. The smallest absolute Gasteiger partial charge is 0.246 e. The molecule has 31 heavy (non-hydrogen) atoms. The van der Waals surface area contributed by atoms with Gasteiger partial charge in [-0.3, -0.25) is 9.89 Å². The molecule has 1 atom stereocenters. The molecule has 1 aliphatic heterocycles. The SMILES string of the molecule is CCOC(C)c1noc(CNC(=NC)N2CCN(Cc3ccc(C(C)C)cc3)CC2)n1. The number of aromatic nitrogens is 2. The molecule has 0 aliphatic carbocycles. The maximum Gasteiger partial charge on any atom is 0.246 e. The van der Waals surface area contributed by atoms with Crippen molar-refractivity contribution in [1.82, 2.24) is 25.3 Å². The predicted molar refractivity (Wildman–Crippen MR) is 122 cm³/mol. The van der Waals surface area contributed by atoms with Gasteiger partial charge < -0.3 is 19.5 Å². The van der Waals surface area contributed by atoms with Gasteiger partial charge in [-0.25, -0.2) is 0 Å². The van der Waals surface area contributed by atoms with E-state index < -0.39 is 0 Å². The average Bonchev–Trinajstić information content (AvgIpc) is 3.25. The van der Waals surface area contributed by atoms with Crippen molar-refractivity contribution in [3.05, 3.63) is 47.1 Å². The monoisotopic (exact) mass is 428 g/mol. The summed E-state index contributed by atoms with van der Waals surface area (Å²) in [5.41, 5.74) is 2.76. The van der Waals surface area contributed by atoms with Gasteiger partial charge in [-0.1, -0.05) is 43.3 Å². The van der Waals surface area contributed by atoms with Crippen LogP contribution in [-0.4, -0.2) is 65.7 Å². The molecular formula is C23H36N6O2. The van der Waals surface area contributed by atoms with Crippen LogP contribution in [0.25, 0.3) is 0 Å². The molecule has 8 heteroatoms. The van der Waals surface area contributed by atoms with Crippen LogP contribution in [-0.2, 0) is 17.8 Å². The van der Waals surface area contributed by atoms with Gasteiger partial charge in [0, 0.05) is 46.4 Å². The molecule has 0 bridgehead atoms. The third-order valence-corrected chi connectivity index (χ3v) is 5.60. The highest BCUT2D eigenvalue weighted by Gasteiger charge is 2.20. The van der Waals surface area contributed by atoms with Gasteiger partial charge in [-0.15, -0.1) is 0 Å². The molecule has 0 radical (unpaired) electrons. The van der Waals surface area contributed by atoms with Crippen molar-refractivity contribution in [2.24, 2.45) is 4.99 Å². The molecule has 1 aromatic carbocycles. The molecule has 0 saturated carbocycles. The van der Waals surface area contributed by atoms with Crippen molar-refractivity contribution < 1.29 is 9.26 Å². The van der Waals surface area contributed by atoms with E-state index in [1.807, 2.05) is 13.8 Å². The summed E-state index contributed by atoms with van der Waals surface area (Å²) in [4.78, 5) is 13.6. The Balaban J connectivity index is 1.45. The number of nitrogens with one attached hydrogen (secondary N) is 1. The van der Waals surface area contributed by atoms with Crippen molar-refractivity contribution in [3.63, 3.8) is 0 Å². The fourth-order valence-electron chi connectivity index (χ4n) is 3.70. The first-order valence-corrected chi connectivity index (χ1v) is 11.2. The molecule has 1 aliphatic rings. The normalized spacial score (nSPS) is 16.7. The van der Waals surface area contributed by atoms with Crippen molar-refractivity contribution in [1.29, 1.82) is 0 Å². The molecule has 1 unspecified atom stereocenters. The van der Waals surface area contributed by atoms with Crippen LogP contribution < -0.4 is 5.32 Å². The van der Waals surface area contributed by atoms with E-state index in [0.29, 0.717) is 30.8 Å². The second-order valence-electron chi connectivity index (χ2n) is 8.20. The first-order chi connectivity index (χ1) is 15.0. The van der Waals surface area contributed by atoms with Gasteiger partial charge in [0.05, 0.1) is 6.54 Å².